The number of methoxy groups -OCH3 is 2. The smallest absolute Gasteiger partial charge is 0.329 e. The Labute approximate surface area is 236 Å². The SMILES string of the molecule is COc1ccc(-c2sc3cc(OC)ccc3c2Oc2ccc(OCCOCCOCCOCC(=O)O)cc2)cc1. The number of carboxylic acid groups (broad SMARTS) is 1. The van der Waals surface area contributed by atoms with Gasteiger partial charge in [0, 0.05) is 10.1 Å². The Morgan fingerprint density at radius 3 is 1.93 bits per heavy atom. The Morgan fingerprint density at radius 2 is 1.27 bits per heavy atom. The molecule has 0 amide bonds. The topological polar surface area (TPSA) is 102 Å². The van der Waals surface area contributed by atoms with E-state index in [0.29, 0.717) is 44.5 Å². The molecule has 0 atom stereocenters. The first-order valence-electron chi connectivity index (χ1n) is 12.7. The highest BCUT2D eigenvalue weighted by atomic mass is 32.1. The van der Waals surface area contributed by atoms with Crippen molar-refractivity contribution in [3.05, 3.63) is 66.7 Å². The highest BCUT2D eigenvalue weighted by Crippen LogP contribution is 2.47. The number of hydrogen-bond donors (Lipinski definition) is 1. The van der Waals surface area contributed by atoms with Gasteiger partial charge in [-0.25, -0.2) is 4.79 Å². The fourth-order valence-electron chi connectivity index (χ4n) is 3.75. The normalized spacial score (nSPS) is 10.9. The first kappa shape index (κ1) is 29.2. The van der Waals surface area contributed by atoms with E-state index in [1.165, 1.54) is 0 Å². The van der Waals surface area contributed by atoms with Crippen LogP contribution < -0.4 is 18.9 Å². The average molecular weight is 569 g/mol. The maximum absolute atomic E-state index is 10.3. The van der Waals surface area contributed by atoms with E-state index in [-0.39, 0.29) is 13.2 Å². The second kappa shape index (κ2) is 15.1. The van der Waals surface area contributed by atoms with Crippen molar-refractivity contribution in [1.82, 2.24) is 0 Å². The molecule has 9 nitrogen and oxygen atoms in total. The van der Waals surface area contributed by atoms with Crippen LogP contribution in [0, 0.1) is 0 Å². The summed E-state index contributed by atoms with van der Waals surface area (Å²) in [6, 6.07) is 21.4. The van der Waals surface area contributed by atoms with Crippen molar-refractivity contribution in [2.24, 2.45) is 0 Å². The molecule has 212 valence electrons. The van der Waals surface area contributed by atoms with Crippen LogP contribution in [0.3, 0.4) is 0 Å². The van der Waals surface area contributed by atoms with Crippen LogP contribution in [0.25, 0.3) is 20.5 Å². The lowest BCUT2D eigenvalue weighted by Gasteiger charge is -2.11. The molecule has 0 radical (unpaired) electrons. The van der Waals surface area contributed by atoms with Gasteiger partial charge < -0.3 is 38.3 Å². The van der Waals surface area contributed by atoms with Crippen LogP contribution in [0.2, 0.25) is 0 Å². The van der Waals surface area contributed by atoms with Gasteiger partial charge in [-0.2, -0.15) is 0 Å². The molecule has 0 fully saturated rings. The largest absolute Gasteiger partial charge is 0.497 e. The number of benzene rings is 3. The van der Waals surface area contributed by atoms with Crippen LogP contribution in [0.4, 0.5) is 0 Å². The molecule has 0 spiro atoms. The summed E-state index contributed by atoms with van der Waals surface area (Å²) in [4.78, 5) is 11.4. The second-order valence-electron chi connectivity index (χ2n) is 8.44. The Balaban J connectivity index is 1.30. The lowest BCUT2D eigenvalue weighted by molar-refractivity contribution is -0.142. The zero-order valence-corrected chi connectivity index (χ0v) is 23.2. The zero-order chi connectivity index (χ0) is 28.2. The molecule has 0 saturated heterocycles. The van der Waals surface area contributed by atoms with Gasteiger partial charge in [-0.15, -0.1) is 11.3 Å². The molecule has 1 N–H and O–H groups in total. The van der Waals surface area contributed by atoms with Gasteiger partial charge in [-0.05, 0) is 72.3 Å². The predicted molar refractivity (Wildman–Crippen MR) is 152 cm³/mol. The van der Waals surface area contributed by atoms with E-state index in [2.05, 4.69) is 0 Å². The molecule has 40 heavy (non-hydrogen) atoms. The Hall–Kier alpha value is -3.83. The van der Waals surface area contributed by atoms with Crippen LogP contribution in [0.1, 0.15) is 0 Å². The van der Waals surface area contributed by atoms with Crippen molar-refractivity contribution < 1.29 is 43.1 Å². The van der Waals surface area contributed by atoms with Crippen molar-refractivity contribution in [2.75, 3.05) is 60.5 Å². The van der Waals surface area contributed by atoms with Crippen LogP contribution in [0.15, 0.2) is 66.7 Å². The highest BCUT2D eigenvalue weighted by molar-refractivity contribution is 7.22. The van der Waals surface area contributed by atoms with E-state index >= 15 is 0 Å². The van der Waals surface area contributed by atoms with Crippen LogP contribution in [-0.4, -0.2) is 71.5 Å². The van der Waals surface area contributed by atoms with E-state index in [9.17, 15) is 4.79 Å². The number of carboxylic acids is 1. The van der Waals surface area contributed by atoms with Crippen molar-refractivity contribution >= 4 is 27.4 Å². The minimum atomic E-state index is -0.998. The predicted octanol–water partition coefficient (Wildman–Crippen LogP) is 5.89. The Morgan fingerprint density at radius 1 is 0.700 bits per heavy atom. The molecule has 0 bridgehead atoms. The van der Waals surface area contributed by atoms with E-state index in [1.807, 2.05) is 66.7 Å². The molecular weight excluding hydrogens is 536 g/mol. The van der Waals surface area contributed by atoms with E-state index in [0.717, 1.165) is 37.8 Å². The van der Waals surface area contributed by atoms with Crippen molar-refractivity contribution in [1.29, 1.82) is 0 Å². The molecule has 4 rings (SSSR count). The maximum atomic E-state index is 10.3. The highest BCUT2D eigenvalue weighted by Gasteiger charge is 2.17. The monoisotopic (exact) mass is 568 g/mol. The molecule has 0 aliphatic rings. The third-order valence-electron chi connectivity index (χ3n) is 5.71. The Kier molecular flexibility index (Phi) is 11.0. The van der Waals surface area contributed by atoms with Crippen LogP contribution in [-0.2, 0) is 19.0 Å². The van der Waals surface area contributed by atoms with Gasteiger partial charge in [-0.1, -0.05) is 0 Å². The molecule has 10 heteroatoms. The second-order valence-corrected chi connectivity index (χ2v) is 9.50. The summed E-state index contributed by atoms with van der Waals surface area (Å²) in [5.41, 5.74) is 1.04. The van der Waals surface area contributed by atoms with Gasteiger partial charge in [-0.3, -0.25) is 0 Å². The number of carbonyl (C=O) groups is 1. The molecule has 3 aromatic carbocycles. The maximum Gasteiger partial charge on any atom is 0.329 e. The minimum Gasteiger partial charge on any atom is -0.497 e. The first-order valence-corrected chi connectivity index (χ1v) is 13.5. The lowest BCUT2D eigenvalue weighted by Crippen LogP contribution is -2.14. The van der Waals surface area contributed by atoms with Crippen molar-refractivity contribution in [2.45, 2.75) is 0 Å². The summed E-state index contributed by atoms with van der Waals surface area (Å²) in [6.07, 6.45) is 0. The third kappa shape index (κ3) is 8.33. The summed E-state index contributed by atoms with van der Waals surface area (Å²) < 4.78 is 39.7. The standard InChI is InChI=1S/C30H32O9S/c1-33-22-5-3-21(4-6-22)30-29(26-12-11-25(34-2)19-27(26)40-30)39-24-9-7-23(8-10-24)38-18-17-36-14-13-35-15-16-37-20-28(31)32/h3-12,19H,13-18,20H2,1-2H3,(H,31,32). The van der Waals surface area contributed by atoms with Crippen LogP contribution in [0.5, 0.6) is 28.7 Å². The number of aliphatic carboxylic acids is 1. The fraction of sp³-hybridized carbons (Fsp3) is 0.300. The molecule has 1 heterocycles. The summed E-state index contributed by atoms with van der Waals surface area (Å²) in [5, 5.41) is 9.49. The van der Waals surface area contributed by atoms with Gasteiger partial charge in [0.25, 0.3) is 0 Å². The molecule has 0 saturated carbocycles. The van der Waals surface area contributed by atoms with Gasteiger partial charge in [0.05, 0.1) is 52.1 Å². The molecular formula is C30H32O9S. The van der Waals surface area contributed by atoms with Crippen molar-refractivity contribution in [3.63, 3.8) is 0 Å². The lowest BCUT2D eigenvalue weighted by atomic mass is 10.1. The Bertz CT molecular complexity index is 1350. The number of fused-ring (bicyclic) bond motifs is 1. The molecule has 0 aliphatic heterocycles. The average Bonchev–Trinajstić information content (AvgIpc) is 3.33. The molecule has 0 aliphatic carbocycles. The molecule has 0 unspecified atom stereocenters. The van der Waals surface area contributed by atoms with E-state index < -0.39 is 5.97 Å². The number of thiophene rings is 1. The summed E-state index contributed by atoms with van der Waals surface area (Å²) in [7, 11) is 3.31. The van der Waals surface area contributed by atoms with Gasteiger partial charge in [0.15, 0.2) is 5.75 Å². The first-order chi connectivity index (χ1) is 19.6. The fourth-order valence-corrected chi connectivity index (χ4v) is 4.92. The minimum absolute atomic E-state index is 0.231. The number of ether oxygens (including phenoxy) is 7. The van der Waals surface area contributed by atoms with Gasteiger partial charge >= 0.3 is 5.97 Å². The molecule has 4 aromatic rings. The van der Waals surface area contributed by atoms with Crippen LogP contribution >= 0.6 is 11.3 Å². The quantitative estimate of drug-likeness (QED) is 0.156. The van der Waals surface area contributed by atoms with E-state index in [4.69, 9.17) is 38.3 Å². The number of rotatable bonds is 17. The van der Waals surface area contributed by atoms with Crippen molar-refractivity contribution in [3.8, 4) is 39.2 Å². The summed E-state index contributed by atoms with van der Waals surface area (Å²) in [6.45, 7) is 1.83. The molecule has 1 aromatic heterocycles. The third-order valence-corrected chi connectivity index (χ3v) is 6.90. The number of hydrogen-bond acceptors (Lipinski definition) is 9. The van der Waals surface area contributed by atoms with E-state index in [1.54, 1.807) is 25.6 Å². The van der Waals surface area contributed by atoms with Gasteiger partial charge in [0.2, 0.25) is 0 Å². The summed E-state index contributed by atoms with van der Waals surface area (Å²) in [5.74, 6) is 2.77. The zero-order valence-electron chi connectivity index (χ0n) is 22.4. The van der Waals surface area contributed by atoms with Gasteiger partial charge in [0.1, 0.15) is 36.2 Å². The summed E-state index contributed by atoms with van der Waals surface area (Å²) >= 11 is 1.65.